The largest absolute Gasteiger partial charge is 0.356 e. The summed E-state index contributed by atoms with van der Waals surface area (Å²) in [7, 11) is 0. The Morgan fingerprint density at radius 3 is 2.65 bits per heavy atom. The lowest BCUT2D eigenvalue weighted by atomic mass is 10.0. The lowest BCUT2D eigenvalue weighted by Gasteiger charge is -2.38. The second kappa shape index (κ2) is 7.21. The van der Waals surface area contributed by atoms with Gasteiger partial charge < -0.3 is 19.7 Å². The molecule has 3 heterocycles. The molecule has 138 valence electrons. The highest BCUT2D eigenvalue weighted by Crippen LogP contribution is 2.33. The van der Waals surface area contributed by atoms with Gasteiger partial charge in [-0.05, 0) is 24.5 Å². The smallest absolute Gasteiger partial charge is 0.171 e. The Kier molecular flexibility index (Phi) is 4.78. The Labute approximate surface area is 154 Å². The molecule has 2 aromatic rings. The fraction of sp³-hybridized carbons (Fsp3) is 0.500. The number of nitrogens with zero attached hydrogens (tertiary/aromatic N) is 3. The van der Waals surface area contributed by atoms with E-state index in [9.17, 15) is 0 Å². The molecular weight excluding hydrogens is 328 g/mol. The molecule has 0 aliphatic carbocycles. The third kappa shape index (κ3) is 3.39. The summed E-state index contributed by atoms with van der Waals surface area (Å²) >= 11 is 0. The van der Waals surface area contributed by atoms with Gasteiger partial charge in [0.1, 0.15) is 18.0 Å². The summed E-state index contributed by atoms with van der Waals surface area (Å²) in [6, 6.07) is 8.40. The van der Waals surface area contributed by atoms with Gasteiger partial charge in [-0.2, -0.15) is 0 Å². The molecule has 1 spiro atoms. The van der Waals surface area contributed by atoms with Gasteiger partial charge in [0.25, 0.3) is 0 Å². The molecule has 6 nitrogen and oxygen atoms in total. The van der Waals surface area contributed by atoms with Crippen LogP contribution < -0.4 is 10.2 Å². The Balaban J connectivity index is 1.49. The molecule has 0 atom stereocenters. The number of nitrogens with one attached hydrogen (secondary N) is 1. The standard InChI is InChI=1S/C20H26N4O2/c1-3-16-6-4-5-15(2)19(16)23-17-13-18(22-14-21-17)24-9-7-20(8-10-24)25-11-12-26-20/h4-6,13-14H,3,7-12H2,1-2H3,(H,21,22,23). The highest BCUT2D eigenvalue weighted by molar-refractivity contribution is 5.66. The van der Waals surface area contributed by atoms with Crippen molar-refractivity contribution in [2.75, 3.05) is 36.5 Å². The summed E-state index contributed by atoms with van der Waals surface area (Å²) in [6.07, 6.45) is 4.36. The number of aryl methyl sites for hydroxylation is 2. The second-order valence-corrected chi connectivity index (χ2v) is 6.94. The Hall–Kier alpha value is -2.18. The van der Waals surface area contributed by atoms with Crippen molar-refractivity contribution in [3.63, 3.8) is 0 Å². The van der Waals surface area contributed by atoms with E-state index < -0.39 is 0 Å². The number of benzene rings is 1. The van der Waals surface area contributed by atoms with Crippen molar-refractivity contribution >= 4 is 17.3 Å². The number of anilines is 3. The van der Waals surface area contributed by atoms with Crippen LogP contribution in [0.4, 0.5) is 17.3 Å². The van der Waals surface area contributed by atoms with Gasteiger partial charge in [0.2, 0.25) is 0 Å². The quantitative estimate of drug-likeness (QED) is 0.908. The van der Waals surface area contributed by atoms with Crippen LogP contribution in [0.15, 0.2) is 30.6 Å². The van der Waals surface area contributed by atoms with Crippen molar-refractivity contribution < 1.29 is 9.47 Å². The van der Waals surface area contributed by atoms with E-state index >= 15 is 0 Å². The van der Waals surface area contributed by atoms with Gasteiger partial charge in [0, 0.05) is 37.7 Å². The van der Waals surface area contributed by atoms with E-state index in [0.29, 0.717) is 13.2 Å². The fourth-order valence-corrected chi connectivity index (χ4v) is 3.78. The number of rotatable bonds is 4. The van der Waals surface area contributed by atoms with Crippen LogP contribution in [0.3, 0.4) is 0 Å². The van der Waals surface area contributed by atoms with Crippen molar-refractivity contribution in [2.45, 2.75) is 38.9 Å². The molecule has 0 bridgehead atoms. The first-order valence-electron chi connectivity index (χ1n) is 9.39. The van der Waals surface area contributed by atoms with Crippen LogP contribution in [0.25, 0.3) is 0 Å². The zero-order valence-electron chi connectivity index (χ0n) is 15.5. The monoisotopic (exact) mass is 354 g/mol. The summed E-state index contributed by atoms with van der Waals surface area (Å²) in [4.78, 5) is 11.2. The number of aromatic nitrogens is 2. The Bertz CT molecular complexity index is 764. The van der Waals surface area contributed by atoms with Gasteiger partial charge in [0.15, 0.2) is 5.79 Å². The number of hydrogen-bond acceptors (Lipinski definition) is 6. The minimum Gasteiger partial charge on any atom is -0.356 e. The van der Waals surface area contributed by atoms with E-state index in [-0.39, 0.29) is 5.79 Å². The van der Waals surface area contributed by atoms with Gasteiger partial charge in [0.05, 0.1) is 13.2 Å². The highest BCUT2D eigenvalue weighted by Gasteiger charge is 2.40. The molecule has 0 amide bonds. The van der Waals surface area contributed by atoms with Crippen LogP contribution in [0.1, 0.15) is 30.9 Å². The van der Waals surface area contributed by atoms with E-state index in [0.717, 1.165) is 49.7 Å². The van der Waals surface area contributed by atoms with Gasteiger partial charge in [-0.1, -0.05) is 25.1 Å². The number of ether oxygens (including phenoxy) is 2. The van der Waals surface area contributed by atoms with Gasteiger partial charge in [-0.25, -0.2) is 9.97 Å². The van der Waals surface area contributed by atoms with Crippen molar-refractivity contribution in [3.05, 3.63) is 41.7 Å². The Morgan fingerprint density at radius 1 is 1.15 bits per heavy atom. The molecule has 2 fully saturated rings. The number of para-hydroxylation sites is 1. The number of piperidine rings is 1. The van der Waals surface area contributed by atoms with Gasteiger partial charge in [-0.15, -0.1) is 0 Å². The lowest BCUT2D eigenvalue weighted by molar-refractivity contribution is -0.169. The maximum Gasteiger partial charge on any atom is 0.171 e. The summed E-state index contributed by atoms with van der Waals surface area (Å²) < 4.78 is 11.6. The zero-order valence-corrected chi connectivity index (χ0v) is 15.5. The SMILES string of the molecule is CCc1cccc(C)c1Nc1cc(N2CCC3(CC2)OCCO3)ncn1. The molecule has 2 aliphatic rings. The summed E-state index contributed by atoms with van der Waals surface area (Å²) in [5.74, 6) is 1.41. The minimum absolute atomic E-state index is 0.359. The second-order valence-electron chi connectivity index (χ2n) is 6.94. The fourth-order valence-electron chi connectivity index (χ4n) is 3.78. The lowest BCUT2D eigenvalue weighted by Crippen LogP contribution is -2.45. The summed E-state index contributed by atoms with van der Waals surface area (Å²) in [5, 5.41) is 3.49. The maximum absolute atomic E-state index is 5.81. The molecule has 26 heavy (non-hydrogen) atoms. The first-order valence-corrected chi connectivity index (χ1v) is 9.39. The molecule has 4 rings (SSSR count). The average molecular weight is 354 g/mol. The summed E-state index contributed by atoms with van der Waals surface area (Å²) in [5.41, 5.74) is 3.66. The maximum atomic E-state index is 5.81. The van der Waals surface area contributed by atoms with E-state index in [1.54, 1.807) is 6.33 Å². The predicted molar refractivity (Wildman–Crippen MR) is 102 cm³/mol. The van der Waals surface area contributed by atoms with E-state index in [2.05, 4.69) is 52.2 Å². The van der Waals surface area contributed by atoms with Gasteiger partial charge >= 0.3 is 0 Å². The van der Waals surface area contributed by atoms with Crippen molar-refractivity contribution in [1.29, 1.82) is 0 Å². The third-order valence-corrected chi connectivity index (χ3v) is 5.31. The molecule has 2 aliphatic heterocycles. The first-order chi connectivity index (χ1) is 12.7. The Morgan fingerprint density at radius 2 is 1.92 bits per heavy atom. The molecular formula is C20H26N4O2. The average Bonchev–Trinajstić information content (AvgIpc) is 3.12. The molecule has 1 aromatic heterocycles. The van der Waals surface area contributed by atoms with Crippen molar-refractivity contribution in [2.24, 2.45) is 0 Å². The normalized spacial score (nSPS) is 19.1. The molecule has 1 aromatic carbocycles. The predicted octanol–water partition coefficient (Wildman–Crippen LogP) is 3.43. The molecule has 0 unspecified atom stereocenters. The van der Waals surface area contributed by atoms with Crippen LogP contribution >= 0.6 is 0 Å². The van der Waals surface area contributed by atoms with Crippen LogP contribution in [0, 0.1) is 6.92 Å². The molecule has 0 saturated carbocycles. The first kappa shape index (κ1) is 17.2. The van der Waals surface area contributed by atoms with E-state index in [4.69, 9.17) is 9.47 Å². The van der Waals surface area contributed by atoms with Crippen molar-refractivity contribution in [3.8, 4) is 0 Å². The van der Waals surface area contributed by atoms with Crippen LogP contribution in [0.5, 0.6) is 0 Å². The van der Waals surface area contributed by atoms with Crippen LogP contribution in [-0.2, 0) is 15.9 Å². The zero-order chi connectivity index (χ0) is 18.0. The van der Waals surface area contributed by atoms with Crippen LogP contribution in [0.2, 0.25) is 0 Å². The van der Waals surface area contributed by atoms with Crippen LogP contribution in [-0.4, -0.2) is 42.1 Å². The van der Waals surface area contributed by atoms with E-state index in [1.165, 1.54) is 11.1 Å². The van der Waals surface area contributed by atoms with Gasteiger partial charge in [-0.3, -0.25) is 0 Å². The molecule has 0 radical (unpaired) electrons. The van der Waals surface area contributed by atoms with Crippen molar-refractivity contribution in [1.82, 2.24) is 9.97 Å². The van der Waals surface area contributed by atoms with E-state index in [1.807, 2.05) is 6.07 Å². The molecule has 6 heteroatoms. The number of hydrogen-bond donors (Lipinski definition) is 1. The third-order valence-electron chi connectivity index (χ3n) is 5.31. The highest BCUT2D eigenvalue weighted by atomic mass is 16.7. The summed E-state index contributed by atoms with van der Waals surface area (Å²) in [6.45, 7) is 7.45. The molecule has 1 N–H and O–H groups in total. The minimum atomic E-state index is -0.359. The molecule has 2 saturated heterocycles. The topological polar surface area (TPSA) is 59.5 Å².